The second-order valence-electron chi connectivity index (χ2n) is 3.95. The van der Waals surface area contributed by atoms with E-state index in [0.29, 0.717) is 21.3 Å². The molecule has 3 N–H and O–H groups in total. The lowest BCUT2D eigenvalue weighted by atomic mass is 9.95. The quantitative estimate of drug-likeness (QED) is 0.867. The Morgan fingerprint density at radius 2 is 2.06 bits per heavy atom. The molecule has 0 saturated heterocycles. The Balaban J connectivity index is 2.33. The summed E-state index contributed by atoms with van der Waals surface area (Å²) in [5.74, 6) is -0.512. The number of anilines is 1. The molecule has 1 unspecified atom stereocenters. The van der Waals surface area contributed by atoms with E-state index in [2.05, 4.69) is 5.32 Å². The number of hydrogen-bond donors (Lipinski definition) is 2. The molecule has 0 aromatic heterocycles. The van der Waals surface area contributed by atoms with Crippen LogP contribution in [0.3, 0.4) is 0 Å². The van der Waals surface area contributed by atoms with Gasteiger partial charge in [0.15, 0.2) is 5.78 Å². The van der Waals surface area contributed by atoms with Crippen molar-refractivity contribution >= 4 is 40.6 Å². The summed E-state index contributed by atoms with van der Waals surface area (Å²) in [5.41, 5.74) is 6.20. The van der Waals surface area contributed by atoms with Crippen LogP contribution in [0.2, 0.25) is 10.0 Å². The minimum Gasteiger partial charge on any atom is -0.381 e. The first-order valence-corrected chi connectivity index (χ1v) is 5.80. The van der Waals surface area contributed by atoms with Gasteiger partial charge in [0.05, 0.1) is 10.0 Å². The van der Waals surface area contributed by atoms with Crippen molar-refractivity contribution in [2.45, 2.75) is 18.9 Å². The Kier molecular flexibility index (Phi) is 3.26. The summed E-state index contributed by atoms with van der Waals surface area (Å²) in [6.07, 6.45) is 0.347. The van der Waals surface area contributed by atoms with Gasteiger partial charge in [-0.2, -0.15) is 0 Å². The molecular weight excluding hydrogens is 263 g/mol. The molecule has 1 amide bonds. The predicted molar refractivity (Wildman–Crippen MR) is 66.6 cm³/mol. The van der Waals surface area contributed by atoms with Gasteiger partial charge in [-0.3, -0.25) is 9.59 Å². The number of ketones is 1. The standard InChI is InChI=1S/C11H10Cl2N2O2/c12-7-3-6-9(4-8(7)13)15-5(1-10(6)16)2-11(14)17/h3-5,15H,1-2H2,(H2,14,17). The van der Waals surface area contributed by atoms with Crippen molar-refractivity contribution in [3.8, 4) is 0 Å². The van der Waals surface area contributed by atoms with Crippen LogP contribution in [0, 0.1) is 0 Å². The predicted octanol–water partition coefficient (Wildman–Crippen LogP) is 2.24. The number of fused-ring (bicyclic) bond motifs is 1. The van der Waals surface area contributed by atoms with E-state index in [0.717, 1.165) is 0 Å². The van der Waals surface area contributed by atoms with Crippen molar-refractivity contribution in [2.75, 3.05) is 5.32 Å². The van der Waals surface area contributed by atoms with E-state index < -0.39 is 5.91 Å². The van der Waals surface area contributed by atoms with E-state index in [4.69, 9.17) is 28.9 Å². The maximum absolute atomic E-state index is 11.8. The maximum Gasteiger partial charge on any atom is 0.219 e. The number of Topliss-reactive ketones (excluding diaryl/α,β-unsaturated/α-hetero) is 1. The molecule has 0 saturated carbocycles. The van der Waals surface area contributed by atoms with Gasteiger partial charge in [-0.15, -0.1) is 0 Å². The number of carbonyl (C=O) groups is 2. The smallest absolute Gasteiger partial charge is 0.219 e. The van der Waals surface area contributed by atoms with Gasteiger partial charge in [0.1, 0.15) is 0 Å². The second kappa shape index (κ2) is 4.55. The third-order valence-electron chi connectivity index (χ3n) is 2.60. The summed E-state index contributed by atoms with van der Waals surface area (Å²) in [7, 11) is 0. The monoisotopic (exact) mass is 272 g/mol. The number of nitrogens with two attached hydrogens (primary N) is 1. The zero-order chi connectivity index (χ0) is 12.6. The molecule has 1 atom stereocenters. The van der Waals surface area contributed by atoms with Gasteiger partial charge >= 0.3 is 0 Å². The Bertz CT molecular complexity index is 502. The molecule has 0 bridgehead atoms. The van der Waals surface area contributed by atoms with Gasteiger partial charge in [0.2, 0.25) is 5.91 Å². The summed E-state index contributed by atoms with van der Waals surface area (Å²) < 4.78 is 0. The zero-order valence-corrected chi connectivity index (χ0v) is 10.3. The third-order valence-corrected chi connectivity index (χ3v) is 3.32. The van der Waals surface area contributed by atoms with Crippen molar-refractivity contribution in [3.05, 3.63) is 27.7 Å². The van der Waals surface area contributed by atoms with Crippen LogP contribution in [0.4, 0.5) is 5.69 Å². The summed E-state index contributed by atoms with van der Waals surface area (Å²) in [6, 6.07) is 2.85. The molecule has 1 aliphatic heterocycles. The van der Waals surface area contributed by atoms with E-state index in [-0.39, 0.29) is 24.7 Å². The number of amides is 1. The first-order chi connectivity index (χ1) is 7.97. The topological polar surface area (TPSA) is 72.2 Å². The Morgan fingerprint density at radius 3 is 2.71 bits per heavy atom. The highest BCUT2D eigenvalue weighted by atomic mass is 35.5. The molecule has 4 nitrogen and oxygen atoms in total. The van der Waals surface area contributed by atoms with E-state index in [1.54, 1.807) is 6.07 Å². The van der Waals surface area contributed by atoms with Crippen molar-refractivity contribution in [1.29, 1.82) is 0 Å². The fraction of sp³-hybridized carbons (Fsp3) is 0.273. The molecule has 0 radical (unpaired) electrons. The lowest BCUT2D eigenvalue weighted by Gasteiger charge is -2.25. The number of nitrogens with one attached hydrogen (secondary N) is 1. The molecule has 17 heavy (non-hydrogen) atoms. The summed E-state index contributed by atoms with van der Waals surface area (Å²) in [4.78, 5) is 22.7. The normalized spacial score (nSPS) is 18.5. The molecule has 6 heteroatoms. The molecule has 0 fully saturated rings. The number of halogens is 2. The Labute approximate surface area is 108 Å². The van der Waals surface area contributed by atoms with Crippen molar-refractivity contribution in [3.63, 3.8) is 0 Å². The number of carbonyl (C=O) groups excluding carboxylic acids is 2. The molecule has 1 aromatic rings. The van der Waals surface area contributed by atoms with Crippen LogP contribution >= 0.6 is 23.2 Å². The maximum atomic E-state index is 11.8. The largest absolute Gasteiger partial charge is 0.381 e. The first kappa shape index (κ1) is 12.2. The highest BCUT2D eigenvalue weighted by molar-refractivity contribution is 6.42. The van der Waals surface area contributed by atoms with Gasteiger partial charge in [-0.25, -0.2) is 0 Å². The number of hydrogen-bond acceptors (Lipinski definition) is 3. The summed E-state index contributed by atoms with van der Waals surface area (Å²) >= 11 is 11.7. The highest BCUT2D eigenvalue weighted by Gasteiger charge is 2.26. The van der Waals surface area contributed by atoms with Gasteiger partial charge in [0, 0.05) is 30.1 Å². The lowest BCUT2D eigenvalue weighted by Crippen LogP contribution is -2.33. The van der Waals surface area contributed by atoms with Gasteiger partial charge in [-0.05, 0) is 12.1 Å². The average Bonchev–Trinajstić information content (AvgIpc) is 2.20. The minimum atomic E-state index is -0.446. The Morgan fingerprint density at radius 1 is 1.41 bits per heavy atom. The van der Waals surface area contributed by atoms with Crippen molar-refractivity contribution < 1.29 is 9.59 Å². The molecule has 1 aliphatic rings. The fourth-order valence-corrected chi connectivity index (χ4v) is 2.20. The van der Waals surface area contributed by atoms with Crippen LogP contribution in [0.5, 0.6) is 0 Å². The summed E-state index contributed by atoms with van der Waals surface area (Å²) in [6.45, 7) is 0. The summed E-state index contributed by atoms with van der Waals surface area (Å²) in [5, 5.41) is 3.77. The first-order valence-electron chi connectivity index (χ1n) is 5.04. The van der Waals surface area contributed by atoms with E-state index in [1.807, 2.05) is 0 Å². The van der Waals surface area contributed by atoms with Gasteiger partial charge < -0.3 is 11.1 Å². The van der Waals surface area contributed by atoms with Gasteiger partial charge in [0.25, 0.3) is 0 Å². The number of primary amides is 1. The van der Waals surface area contributed by atoms with Crippen LogP contribution in [0.15, 0.2) is 12.1 Å². The van der Waals surface area contributed by atoms with E-state index in [9.17, 15) is 9.59 Å². The highest BCUT2D eigenvalue weighted by Crippen LogP contribution is 2.33. The molecule has 2 rings (SSSR count). The van der Waals surface area contributed by atoms with Crippen LogP contribution in [0.25, 0.3) is 0 Å². The second-order valence-corrected chi connectivity index (χ2v) is 4.77. The SMILES string of the molecule is NC(=O)CC1CC(=O)c2cc(Cl)c(Cl)cc2N1. The molecule has 0 aliphatic carbocycles. The lowest BCUT2D eigenvalue weighted by molar-refractivity contribution is -0.118. The van der Waals surface area contributed by atoms with Crippen LogP contribution < -0.4 is 11.1 Å². The Hall–Kier alpha value is -1.26. The number of benzene rings is 1. The van der Waals surface area contributed by atoms with Crippen LogP contribution in [-0.2, 0) is 4.79 Å². The number of rotatable bonds is 2. The van der Waals surface area contributed by atoms with Crippen LogP contribution in [0.1, 0.15) is 23.2 Å². The third kappa shape index (κ3) is 2.53. The fourth-order valence-electron chi connectivity index (χ4n) is 1.87. The van der Waals surface area contributed by atoms with Crippen molar-refractivity contribution in [1.82, 2.24) is 0 Å². The molecule has 90 valence electrons. The zero-order valence-electron chi connectivity index (χ0n) is 8.80. The molecule has 0 spiro atoms. The van der Waals surface area contributed by atoms with Crippen molar-refractivity contribution in [2.24, 2.45) is 5.73 Å². The van der Waals surface area contributed by atoms with Gasteiger partial charge in [-0.1, -0.05) is 23.2 Å². The molecule has 1 heterocycles. The minimum absolute atomic E-state index is 0.0661. The molecule has 1 aromatic carbocycles. The van der Waals surface area contributed by atoms with Crippen LogP contribution in [-0.4, -0.2) is 17.7 Å². The molecular formula is C11H10Cl2N2O2. The average molecular weight is 273 g/mol. The van der Waals surface area contributed by atoms with E-state index in [1.165, 1.54) is 6.07 Å². The van der Waals surface area contributed by atoms with E-state index >= 15 is 0 Å².